The predicted molar refractivity (Wildman–Crippen MR) is 74.8 cm³/mol. The van der Waals surface area contributed by atoms with Gasteiger partial charge < -0.3 is 4.74 Å². The summed E-state index contributed by atoms with van der Waals surface area (Å²) in [5.74, 6) is -0.294. The highest BCUT2D eigenvalue weighted by Gasteiger charge is 2.25. The lowest BCUT2D eigenvalue weighted by Gasteiger charge is -2.37. The second-order valence-electron chi connectivity index (χ2n) is 4.62. The molecule has 1 heterocycles. The standard InChI is InChI=1S/C13H16BrClFNO/c1-9-8-18-12(5-14)7-17(9)6-10-2-3-11(16)4-13(10)15/h2-4,9,12H,5-8H2,1H3. The summed E-state index contributed by atoms with van der Waals surface area (Å²) in [5.41, 5.74) is 0.958. The van der Waals surface area contributed by atoms with Gasteiger partial charge in [0.15, 0.2) is 0 Å². The Morgan fingerprint density at radius 1 is 1.56 bits per heavy atom. The van der Waals surface area contributed by atoms with E-state index in [1.54, 1.807) is 6.07 Å². The Labute approximate surface area is 120 Å². The molecule has 0 radical (unpaired) electrons. The number of morpholine rings is 1. The highest BCUT2D eigenvalue weighted by atomic mass is 79.9. The van der Waals surface area contributed by atoms with Crippen LogP contribution < -0.4 is 0 Å². The highest BCUT2D eigenvalue weighted by Crippen LogP contribution is 2.22. The van der Waals surface area contributed by atoms with E-state index in [0.717, 1.165) is 30.6 Å². The number of ether oxygens (including phenoxy) is 1. The van der Waals surface area contributed by atoms with E-state index in [1.165, 1.54) is 12.1 Å². The van der Waals surface area contributed by atoms with E-state index >= 15 is 0 Å². The van der Waals surface area contributed by atoms with Crippen molar-refractivity contribution in [2.24, 2.45) is 0 Å². The highest BCUT2D eigenvalue weighted by molar-refractivity contribution is 9.09. The fourth-order valence-electron chi connectivity index (χ4n) is 2.06. The van der Waals surface area contributed by atoms with Crippen molar-refractivity contribution < 1.29 is 9.13 Å². The summed E-state index contributed by atoms with van der Waals surface area (Å²) in [4.78, 5) is 2.31. The van der Waals surface area contributed by atoms with Crippen LogP contribution in [0.25, 0.3) is 0 Å². The summed E-state index contributed by atoms with van der Waals surface area (Å²) in [6.07, 6.45) is 0.209. The van der Waals surface area contributed by atoms with Gasteiger partial charge in [-0.1, -0.05) is 33.6 Å². The molecular weight excluding hydrogens is 321 g/mol. The van der Waals surface area contributed by atoms with Crippen LogP contribution in [0.1, 0.15) is 12.5 Å². The molecule has 1 aliphatic rings. The molecule has 0 bridgehead atoms. The van der Waals surface area contributed by atoms with Crippen molar-refractivity contribution in [2.45, 2.75) is 25.6 Å². The first-order valence-corrected chi connectivity index (χ1v) is 7.45. The Morgan fingerprint density at radius 3 is 3.00 bits per heavy atom. The summed E-state index contributed by atoms with van der Waals surface area (Å²) >= 11 is 9.50. The van der Waals surface area contributed by atoms with Gasteiger partial charge in [-0.05, 0) is 24.6 Å². The molecule has 2 unspecified atom stereocenters. The first-order chi connectivity index (χ1) is 8.60. The molecule has 5 heteroatoms. The van der Waals surface area contributed by atoms with Crippen molar-refractivity contribution in [1.82, 2.24) is 4.90 Å². The SMILES string of the molecule is CC1COC(CBr)CN1Cc1ccc(F)cc1Cl. The first kappa shape index (κ1) is 14.3. The van der Waals surface area contributed by atoms with Gasteiger partial charge in [-0.2, -0.15) is 0 Å². The smallest absolute Gasteiger partial charge is 0.124 e. The predicted octanol–water partition coefficient (Wildman–Crippen LogP) is 3.46. The second-order valence-corrected chi connectivity index (χ2v) is 5.68. The molecule has 2 rings (SSSR count). The zero-order chi connectivity index (χ0) is 13.1. The molecule has 1 saturated heterocycles. The zero-order valence-corrected chi connectivity index (χ0v) is 12.5. The average molecular weight is 337 g/mol. The number of nitrogens with zero attached hydrogens (tertiary/aromatic N) is 1. The molecule has 1 aliphatic heterocycles. The van der Waals surface area contributed by atoms with Crippen LogP contribution in [0, 0.1) is 5.82 Å². The van der Waals surface area contributed by atoms with Crippen LogP contribution in [0.5, 0.6) is 0 Å². The Balaban J connectivity index is 2.07. The number of benzene rings is 1. The van der Waals surface area contributed by atoms with Crippen molar-refractivity contribution in [1.29, 1.82) is 0 Å². The fraction of sp³-hybridized carbons (Fsp3) is 0.538. The van der Waals surface area contributed by atoms with Gasteiger partial charge in [0, 0.05) is 29.5 Å². The van der Waals surface area contributed by atoms with Gasteiger partial charge >= 0.3 is 0 Å². The Kier molecular flexibility index (Phi) is 5.01. The normalized spacial score (nSPS) is 25.3. The first-order valence-electron chi connectivity index (χ1n) is 5.95. The zero-order valence-electron chi connectivity index (χ0n) is 10.2. The summed E-state index contributed by atoms with van der Waals surface area (Å²) in [7, 11) is 0. The lowest BCUT2D eigenvalue weighted by Crippen LogP contribution is -2.48. The Bertz CT molecular complexity index is 418. The molecule has 2 atom stereocenters. The van der Waals surface area contributed by atoms with E-state index < -0.39 is 0 Å². The second kappa shape index (κ2) is 6.33. The van der Waals surface area contributed by atoms with Crippen molar-refractivity contribution >= 4 is 27.5 Å². The molecule has 0 amide bonds. The van der Waals surface area contributed by atoms with Gasteiger partial charge in [-0.3, -0.25) is 4.90 Å². The summed E-state index contributed by atoms with van der Waals surface area (Å²) in [5, 5.41) is 1.32. The lowest BCUT2D eigenvalue weighted by molar-refractivity contribution is -0.0499. The van der Waals surface area contributed by atoms with Crippen LogP contribution in [0.3, 0.4) is 0 Å². The van der Waals surface area contributed by atoms with Crippen LogP contribution in [0.2, 0.25) is 5.02 Å². The third-order valence-electron chi connectivity index (χ3n) is 3.20. The number of rotatable bonds is 3. The van der Waals surface area contributed by atoms with E-state index in [0.29, 0.717) is 11.1 Å². The molecule has 18 heavy (non-hydrogen) atoms. The van der Waals surface area contributed by atoms with E-state index in [-0.39, 0.29) is 11.9 Å². The van der Waals surface area contributed by atoms with Crippen molar-refractivity contribution in [3.63, 3.8) is 0 Å². The maximum Gasteiger partial charge on any atom is 0.124 e. The molecule has 100 valence electrons. The molecular formula is C13H16BrClFNO. The molecule has 1 fully saturated rings. The Morgan fingerprint density at radius 2 is 2.33 bits per heavy atom. The van der Waals surface area contributed by atoms with Gasteiger partial charge in [-0.15, -0.1) is 0 Å². The van der Waals surface area contributed by atoms with Gasteiger partial charge in [0.1, 0.15) is 5.82 Å². The number of alkyl halides is 1. The summed E-state index contributed by atoms with van der Waals surface area (Å²) in [6.45, 7) is 4.43. The van der Waals surface area contributed by atoms with Gasteiger partial charge in [0.05, 0.1) is 12.7 Å². The fourth-order valence-corrected chi connectivity index (χ4v) is 2.68. The number of halogens is 3. The van der Waals surface area contributed by atoms with Gasteiger partial charge in [0.2, 0.25) is 0 Å². The van der Waals surface area contributed by atoms with Crippen LogP contribution in [-0.2, 0) is 11.3 Å². The molecule has 0 aromatic heterocycles. The number of hydrogen-bond acceptors (Lipinski definition) is 2. The van der Waals surface area contributed by atoms with E-state index in [2.05, 4.69) is 27.8 Å². The van der Waals surface area contributed by atoms with E-state index in [4.69, 9.17) is 16.3 Å². The van der Waals surface area contributed by atoms with E-state index in [1.807, 2.05) is 0 Å². The van der Waals surface area contributed by atoms with E-state index in [9.17, 15) is 4.39 Å². The van der Waals surface area contributed by atoms with Crippen LogP contribution in [-0.4, -0.2) is 35.5 Å². The van der Waals surface area contributed by atoms with Crippen LogP contribution in [0.15, 0.2) is 18.2 Å². The average Bonchev–Trinajstić information content (AvgIpc) is 2.35. The minimum absolute atomic E-state index is 0.209. The third-order valence-corrected chi connectivity index (χ3v) is 4.27. The van der Waals surface area contributed by atoms with Crippen LogP contribution in [0.4, 0.5) is 4.39 Å². The summed E-state index contributed by atoms with van der Waals surface area (Å²) < 4.78 is 18.7. The molecule has 0 N–H and O–H groups in total. The maximum absolute atomic E-state index is 13.0. The molecule has 2 nitrogen and oxygen atoms in total. The van der Waals surface area contributed by atoms with Gasteiger partial charge in [-0.25, -0.2) is 4.39 Å². The summed E-state index contributed by atoms with van der Waals surface area (Å²) in [6, 6.07) is 4.92. The minimum atomic E-state index is -0.294. The minimum Gasteiger partial charge on any atom is -0.374 e. The molecule has 1 aromatic rings. The number of hydrogen-bond donors (Lipinski definition) is 0. The molecule has 0 saturated carbocycles. The monoisotopic (exact) mass is 335 g/mol. The topological polar surface area (TPSA) is 12.5 Å². The Hall–Kier alpha value is -0.160. The van der Waals surface area contributed by atoms with Crippen molar-refractivity contribution in [3.05, 3.63) is 34.6 Å². The lowest BCUT2D eigenvalue weighted by atomic mass is 10.1. The maximum atomic E-state index is 13.0. The third kappa shape index (κ3) is 3.44. The van der Waals surface area contributed by atoms with Crippen molar-refractivity contribution in [2.75, 3.05) is 18.5 Å². The molecule has 0 aliphatic carbocycles. The molecule has 1 aromatic carbocycles. The van der Waals surface area contributed by atoms with Crippen LogP contribution >= 0.6 is 27.5 Å². The molecule has 0 spiro atoms. The van der Waals surface area contributed by atoms with Crippen molar-refractivity contribution in [3.8, 4) is 0 Å². The largest absolute Gasteiger partial charge is 0.374 e. The quantitative estimate of drug-likeness (QED) is 0.784. The van der Waals surface area contributed by atoms with Gasteiger partial charge in [0.25, 0.3) is 0 Å².